The predicted molar refractivity (Wildman–Crippen MR) is 250 cm³/mol. The molecular weight excluding hydrogens is 719 g/mol. The third-order valence-corrected chi connectivity index (χ3v) is 11.4. The van der Waals surface area contributed by atoms with Gasteiger partial charge in [-0.2, -0.15) is 0 Å². The summed E-state index contributed by atoms with van der Waals surface area (Å²) < 4.78 is 5.45. The van der Waals surface area contributed by atoms with Crippen molar-refractivity contribution in [2.75, 3.05) is 13.2 Å². The maximum Gasteiger partial charge on any atom is 0.305 e. The Morgan fingerprint density at radius 3 is 1.22 bits per heavy atom. The number of unbranched alkanes of at least 4 members (excludes halogenated alkanes) is 31. The molecule has 0 fully saturated rings. The lowest BCUT2D eigenvalue weighted by Gasteiger charge is -2.20. The average molecular weight is 816 g/mol. The molecule has 0 bridgehead atoms. The van der Waals surface area contributed by atoms with E-state index in [2.05, 4.69) is 43.5 Å². The smallest absolute Gasteiger partial charge is 0.305 e. The minimum Gasteiger partial charge on any atom is -0.466 e. The standard InChI is InChI=1S/C52H97NO5/c1-3-5-7-9-11-13-15-16-18-22-26-30-34-38-42-46-52(57)58-47-43-39-35-31-27-23-20-17-19-21-25-29-33-37-41-45-51(56)53-49(48-54)50(55)44-40-36-32-28-24-14-12-10-8-6-4-2/h16,18,20,23,40,44,49-50,54-55H,3-15,17,19,21-22,24-39,41-43,45-48H2,1-2H3,(H,53,56)/b18-16-,23-20-,44-40+. The van der Waals surface area contributed by atoms with Gasteiger partial charge in [-0.3, -0.25) is 9.59 Å². The van der Waals surface area contributed by atoms with Crippen molar-refractivity contribution in [1.82, 2.24) is 5.32 Å². The van der Waals surface area contributed by atoms with Gasteiger partial charge in [0, 0.05) is 12.8 Å². The molecule has 0 rings (SSSR count). The highest BCUT2D eigenvalue weighted by Crippen LogP contribution is 2.14. The van der Waals surface area contributed by atoms with Crippen LogP contribution in [-0.4, -0.2) is 47.4 Å². The number of amides is 1. The molecule has 2 unspecified atom stereocenters. The van der Waals surface area contributed by atoms with Crippen LogP contribution < -0.4 is 5.32 Å². The van der Waals surface area contributed by atoms with Gasteiger partial charge >= 0.3 is 5.97 Å². The molecule has 0 aliphatic rings. The van der Waals surface area contributed by atoms with E-state index in [1.165, 1.54) is 161 Å². The van der Waals surface area contributed by atoms with Gasteiger partial charge in [-0.25, -0.2) is 0 Å². The fraction of sp³-hybridized carbons (Fsp3) is 0.846. The van der Waals surface area contributed by atoms with Gasteiger partial charge in [-0.05, 0) is 83.5 Å². The number of ether oxygens (including phenoxy) is 1. The monoisotopic (exact) mass is 816 g/mol. The number of carbonyl (C=O) groups is 2. The van der Waals surface area contributed by atoms with Crippen LogP contribution >= 0.6 is 0 Å². The van der Waals surface area contributed by atoms with E-state index < -0.39 is 12.1 Å². The highest BCUT2D eigenvalue weighted by Gasteiger charge is 2.18. The van der Waals surface area contributed by atoms with E-state index in [4.69, 9.17) is 4.74 Å². The number of allylic oxidation sites excluding steroid dienone is 5. The number of hydrogen-bond donors (Lipinski definition) is 3. The molecular formula is C52H97NO5. The summed E-state index contributed by atoms with van der Waals surface area (Å²) in [4.78, 5) is 24.4. The SMILES string of the molecule is CCCCCCCC/C=C\CCCCCCCC(=O)OCCCCCC/C=C\CCCCCCCCCC(=O)NC(CO)C(O)/C=C/CCCCCCCCCCC. The zero-order valence-corrected chi connectivity index (χ0v) is 38.5. The summed E-state index contributed by atoms with van der Waals surface area (Å²) in [5, 5.41) is 22.9. The average Bonchev–Trinajstić information content (AvgIpc) is 3.22. The van der Waals surface area contributed by atoms with Gasteiger partial charge in [0.2, 0.25) is 5.91 Å². The first-order valence-electron chi connectivity index (χ1n) is 25.3. The fourth-order valence-electron chi connectivity index (χ4n) is 7.44. The Balaban J connectivity index is 3.50. The number of esters is 1. The maximum absolute atomic E-state index is 12.4. The van der Waals surface area contributed by atoms with Crippen LogP contribution in [-0.2, 0) is 14.3 Å². The second-order valence-corrected chi connectivity index (χ2v) is 17.1. The van der Waals surface area contributed by atoms with Gasteiger partial charge in [0.15, 0.2) is 0 Å². The molecule has 6 heteroatoms. The van der Waals surface area contributed by atoms with Crippen LogP contribution in [0.25, 0.3) is 0 Å². The fourth-order valence-corrected chi connectivity index (χ4v) is 7.44. The Kier molecular flexibility index (Phi) is 46.2. The van der Waals surface area contributed by atoms with Crippen molar-refractivity contribution in [3.63, 3.8) is 0 Å². The number of carbonyl (C=O) groups excluding carboxylic acids is 2. The van der Waals surface area contributed by atoms with E-state index in [1.807, 2.05) is 6.08 Å². The molecule has 58 heavy (non-hydrogen) atoms. The van der Waals surface area contributed by atoms with Crippen molar-refractivity contribution in [3.8, 4) is 0 Å². The summed E-state index contributed by atoms with van der Waals surface area (Å²) in [5.74, 6) is -0.106. The minimum atomic E-state index is -0.853. The summed E-state index contributed by atoms with van der Waals surface area (Å²) in [6, 6.07) is -0.638. The molecule has 0 aromatic carbocycles. The zero-order chi connectivity index (χ0) is 42.3. The maximum atomic E-state index is 12.4. The van der Waals surface area contributed by atoms with Crippen LogP contribution in [0.2, 0.25) is 0 Å². The molecule has 0 heterocycles. The Labute approximate surface area is 360 Å². The Bertz CT molecular complexity index is 946. The molecule has 340 valence electrons. The van der Waals surface area contributed by atoms with E-state index in [-0.39, 0.29) is 18.5 Å². The van der Waals surface area contributed by atoms with Gasteiger partial charge in [0.25, 0.3) is 0 Å². The van der Waals surface area contributed by atoms with E-state index in [0.717, 1.165) is 70.6 Å². The van der Waals surface area contributed by atoms with Gasteiger partial charge in [-0.1, -0.05) is 198 Å². The molecule has 0 aliphatic heterocycles. The van der Waals surface area contributed by atoms with Gasteiger partial charge < -0.3 is 20.3 Å². The summed E-state index contributed by atoms with van der Waals surface area (Å²) in [7, 11) is 0. The normalized spacial score (nSPS) is 13.0. The summed E-state index contributed by atoms with van der Waals surface area (Å²) in [6.07, 6.45) is 57.1. The Morgan fingerprint density at radius 1 is 0.466 bits per heavy atom. The van der Waals surface area contributed by atoms with Crippen LogP contribution in [0.15, 0.2) is 36.5 Å². The number of hydrogen-bond acceptors (Lipinski definition) is 5. The largest absolute Gasteiger partial charge is 0.466 e. The van der Waals surface area contributed by atoms with E-state index in [1.54, 1.807) is 6.08 Å². The van der Waals surface area contributed by atoms with Crippen LogP contribution in [0, 0.1) is 0 Å². The summed E-state index contributed by atoms with van der Waals surface area (Å²) in [5.41, 5.74) is 0. The highest BCUT2D eigenvalue weighted by atomic mass is 16.5. The molecule has 0 aromatic heterocycles. The van der Waals surface area contributed by atoms with Crippen LogP contribution in [0.1, 0.15) is 258 Å². The van der Waals surface area contributed by atoms with Gasteiger partial charge in [0.1, 0.15) is 0 Å². The second-order valence-electron chi connectivity index (χ2n) is 17.1. The van der Waals surface area contributed by atoms with Crippen molar-refractivity contribution < 1.29 is 24.5 Å². The van der Waals surface area contributed by atoms with Crippen molar-refractivity contribution in [1.29, 1.82) is 0 Å². The lowest BCUT2D eigenvalue weighted by molar-refractivity contribution is -0.143. The van der Waals surface area contributed by atoms with E-state index in [9.17, 15) is 19.8 Å². The van der Waals surface area contributed by atoms with E-state index >= 15 is 0 Å². The molecule has 0 saturated carbocycles. The van der Waals surface area contributed by atoms with Crippen molar-refractivity contribution >= 4 is 11.9 Å². The molecule has 0 aliphatic carbocycles. The quantitative estimate of drug-likeness (QED) is 0.0323. The van der Waals surface area contributed by atoms with Crippen LogP contribution in [0.4, 0.5) is 0 Å². The molecule has 0 saturated heterocycles. The van der Waals surface area contributed by atoms with Crippen LogP contribution in [0.3, 0.4) is 0 Å². The molecule has 0 spiro atoms. The number of nitrogens with one attached hydrogen (secondary N) is 1. The summed E-state index contributed by atoms with van der Waals surface area (Å²) >= 11 is 0. The summed E-state index contributed by atoms with van der Waals surface area (Å²) in [6.45, 7) is 4.83. The molecule has 1 amide bonds. The first kappa shape index (κ1) is 56.1. The third-order valence-electron chi connectivity index (χ3n) is 11.4. The number of aliphatic hydroxyl groups is 2. The Morgan fingerprint density at radius 2 is 0.810 bits per heavy atom. The lowest BCUT2D eigenvalue weighted by atomic mass is 10.1. The number of aliphatic hydroxyl groups excluding tert-OH is 2. The molecule has 6 nitrogen and oxygen atoms in total. The minimum absolute atomic E-state index is 0.0201. The Hall–Kier alpha value is -1.92. The highest BCUT2D eigenvalue weighted by molar-refractivity contribution is 5.76. The van der Waals surface area contributed by atoms with Crippen molar-refractivity contribution in [2.24, 2.45) is 0 Å². The third kappa shape index (κ3) is 43.7. The molecule has 2 atom stereocenters. The van der Waals surface area contributed by atoms with Gasteiger partial charge in [0.05, 0.1) is 25.4 Å². The van der Waals surface area contributed by atoms with Gasteiger partial charge in [-0.15, -0.1) is 0 Å². The first-order chi connectivity index (χ1) is 28.5. The van der Waals surface area contributed by atoms with E-state index in [0.29, 0.717) is 19.4 Å². The molecule has 0 radical (unpaired) electrons. The molecule has 0 aromatic rings. The van der Waals surface area contributed by atoms with Crippen molar-refractivity contribution in [2.45, 2.75) is 270 Å². The zero-order valence-electron chi connectivity index (χ0n) is 38.5. The number of rotatable bonds is 46. The van der Waals surface area contributed by atoms with Crippen LogP contribution in [0.5, 0.6) is 0 Å². The predicted octanol–water partition coefficient (Wildman–Crippen LogP) is 14.9. The van der Waals surface area contributed by atoms with Crippen molar-refractivity contribution in [3.05, 3.63) is 36.5 Å². The molecule has 3 N–H and O–H groups in total. The first-order valence-corrected chi connectivity index (χ1v) is 25.3. The lowest BCUT2D eigenvalue weighted by Crippen LogP contribution is -2.45. The topological polar surface area (TPSA) is 95.9 Å². The second kappa shape index (κ2) is 47.8.